The number of rotatable bonds is 1. The van der Waals surface area contributed by atoms with Gasteiger partial charge in [-0.3, -0.25) is 0 Å². The van der Waals surface area contributed by atoms with Crippen molar-refractivity contribution in [1.29, 1.82) is 0 Å². The first-order valence-electron chi connectivity index (χ1n) is 7.72. The fourth-order valence-corrected chi connectivity index (χ4v) is 3.94. The zero-order chi connectivity index (χ0) is 14.4. The third-order valence-corrected chi connectivity index (χ3v) is 5.19. The van der Waals surface area contributed by atoms with E-state index in [9.17, 15) is 4.39 Å². The standard InChI is InChI=1S/C16H18ClFN2O/c17-10-7-14-15(8-11(10)18)21-16(20-14)13-6-5-9-3-1-2-4-12(9)19-13/h7-9,12-13,19H,1-6H2. The summed E-state index contributed by atoms with van der Waals surface area (Å²) in [5.74, 6) is 0.998. The van der Waals surface area contributed by atoms with Crippen LogP contribution < -0.4 is 5.32 Å². The lowest BCUT2D eigenvalue weighted by Gasteiger charge is -2.39. The molecule has 1 saturated carbocycles. The van der Waals surface area contributed by atoms with Crippen LogP contribution in [0.15, 0.2) is 16.5 Å². The monoisotopic (exact) mass is 308 g/mol. The Kier molecular flexibility index (Phi) is 3.38. The Morgan fingerprint density at radius 1 is 1.19 bits per heavy atom. The molecular weight excluding hydrogens is 291 g/mol. The largest absolute Gasteiger partial charge is 0.439 e. The number of hydrogen-bond donors (Lipinski definition) is 1. The summed E-state index contributed by atoms with van der Waals surface area (Å²) in [4.78, 5) is 4.50. The van der Waals surface area contributed by atoms with Gasteiger partial charge >= 0.3 is 0 Å². The Morgan fingerprint density at radius 3 is 2.95 bits per heavy atom. The SMILES string of the molecule is Fc1cc2oc(C3CCC4CCCCC4N3)nc2cc1Cl. The van der Waals surface area contributed by atoms with Crippen molar-refractivity contribution >= 4 is 22.7 Å². The van der Waals surface area contributed by atoms with Crippen molar-refractivity contribution in [1.82, 2.24) is 10.3 Å². The molecule has 2 heterocycles. The van der Waals surface area contributed by atoms with Crippen molar-refractivity contribution in [2.45, 2.75) is 50.6 Å². The van der Waals surface area contributed by atoms with Crippen molar-refractivity contribution in [2.24, 2.45) is 5.92 Å². The number of nitrogens with zero attached hydrogens (tertiary/aromatic N) is 1. The summed E-state index contributed by atoms with van der Waals surface area (Å²) in [5, 5.41) is 3.77. The van der Waals surface area contributed by atoms with Crippen LogP contribution in [0.4, 0.5) is 4.39 Å². The van der Waals surface area contributed by atoms with Crippen LogP contribution >= 0.6 is 11.6 Å². The van der Waals surface area contributed by atoms with Gasteiger partial charge in [-0.15, -0.1) is 0 Å². The van der Waals surface area contributed by atoms with Gasteiger partial charge in [0.05, 0.1) is 11.1 Å². The summed E-state index contributed by atoms with van der Waals surface area (Å²) >= 11 is 5.80. The molecule has 21 heavy (non-hydrogen) atoms. The fraction of sp³-hybridized carbons (Fsp3) is 0.562. The highest BCUT2D eigenvalue weighted by molar-refractivity contribution is 6.31. The average molecular weight is 309 g/mol. The number of hydrogen-bond acceptors (Lipinski definition) is 3. The maximum Gasteiger partial charge on any atom is 0.212 e. The minimum Gasteiger partial charge on any atom is -0.439 e. The van der Waals surface area contributed by atoms with Crippen molar-refractivity contribution in [3.63, 3.8) is 0 Å². The van der Waals surface area contributed by atoms with E-state index in [1.807, 2.05) is 0 Å². The Hall–Kier alpha value is -1.13. The van der Waals surface area contributed by atoms with Crippen LogP contribution in [0.1, 0.15) is 50.5 Å². The average Bonchev–Trinajstić information content (AvgIpc) is 2.90. The molecule has 2 fully saturated rings. The zero-order valence-corrected chi connectivity index (χ0v) is 12.5. The molecule has 3 nitrogen and oxygen atoms in total. The molecule has 0 bridgehead atoms. The van der Waals surface area contributed by atoms with Crippen LogP contribution in [0.3, 0.4) is 0 Å². The molecule has 112 valence electrons. The second-order valence-corrected chi connectivity index (χ2v) is 6.64. The molecule has 1 aliphatic heterocycles. The van der Waals surface area contributed by atoms with Gasteiger partial charge < -0.3 is 9.73 Å². The van der Waals surface area contributed by atoms with E-state index in [0.717, 1.165) is 12.3 Å². The smallest absolute Gasteiger partial charge is 0.212 e. The van der Waals surface area contributed by atoms with Crippen molar-refractivity contribution < 1.29 is 8.81 Å². The first kappa shape index (κ1) is 13.5. The molecule has 3 unspecified atom stereocenters. The van der Waals surface area contributed by atoms with Crippen LogP contribution in [-0.2, 0) is 0 Å². The van der Waals surface area contributed by atoms with Crippen LogP contribution in [0, 0.1) is 11.7 Å². The van der Waals surface area contributed by atoms with E-state index < -0.39 is 5.82 Å². The highest BCUT2D eigenvalue weighted by Gasteiger charge is 2.34. The Morgan fingerprint density at radius 2 is 2.05 bits per heavy atom. The number of nitrogens with one attached hydrogen (secondary N) is 1. The normalized spacial score (nSPS) is 29.5. The van der Waals surface area contributed by atoms with E-state index >= 15 is 0 Å². The van der Waals surface area contributed by atoms with Crippen LogP contribution in [-0.4, -0.2) is 11.0 Å². The molecule has 1 saturated heterocycles. The minimum absolute atomic E-state index is 0.0892. The van der Waals surface area contributed by atoms with Crippen LogP contribution in [0.5, 0.6) is 0 Å². The number of fused-ring (bicyclic) bond motifs is 2. The van der Waals surface area contributed by atoms with Gasteiger partial charge in [-0.2, -0.15) is 0 Å². The van der Waals surface area contributed by atoms with Gasteiger partial charge in [0, 0.05) is 12.1 Å². The Labute approximate surface area is 127 Å². The topological polar surface area (TPSA) is 38.1 Å². The first-order chi connectivity index (χ1) is 10.2. The second kappa shape index (κ2) is 5.25. The molecule has 3 atom stereocenters. The summed E-state index contributed by atoms with van der Waals surface area (Å²) in [6, 6.07) is 3.57. The predicted octanol–water partition coefficient (Wildman–Crippen LogP) is 4.60. The summed E-state index contributed by atoms with van der Waals surface area (Å²) in [6.45, 7) is 0. The van der Waals surface area contributed by atoms with E-state index in [1.54, 1.807) is 0 Å². The molecule has 0 radical (unpaired) electrons. The lowest BCUT2D eigenvalue weighted by molar-refractivity contribution is 0.164. The number of aromatic nitrogens is 1. The molecule has 1 aliphatic carbocycles. The van der Waals surface area contributed by atoms with E-state index in [-0.39, 0.29) is 11.1 Å². The molecule has 2 aromatic rings. The first-order valence-corrected chi connectivity index (χ1v) is 8.10. The molecule has 4 rings (SSSR count). The maximum absolute atomic E-state index is 13.5. The van der Waals surface area contributed by atoms with Crippen molar-refractivity contribution in [3.8, 4) is 0 Å². The van der Waals surface area contributed by atoms with E-state index in [4.69, 9.17) is 16.0 Å². The van der Waals surface area contributed by atoms with Crippen LogP contribution in [0.25, 0.3) is 11.1 Å². The predicted molar refractivity (Wildman–Crippen MR) is 79.8 cm³/mol. The third-order valence-electron chi connectivity index (χ3n) is 4.90. The number of piperidine rings is 1. The number of benzene rings is 1. The molecular formula is C16H18ClFN2O. The summed E-state index contributed by atoms with van der Waals surface area (Å²) in [6.07, 6.45) is 7.48. The Balaban J connectivity index is 1.61. The molecule has 5 heteroatoms. The molecule has 0 spiro atoms. The third kappa shape index (κ3) is 2.44. The highest BCUT2D eigenvalue weighted by Crippen LogP contribution is 2.37. The fourth-order valence-electron chi connectivity index (χ4n) is 3.78. The van der Waals surface area contributed by atoms with Gasteiger partial charge in [-0.1, -0.05) is 24.4 Å². The van der Waals surface area contributed by atoms with Crippen molar-refractivity contribution in [3.05, 3.63) is 28.9 Å². The lowest BCUT2D eigenvalue weighted by atomic mass is 9.78. The van der Waals surface area contributed by atoms with E-state index in [2.05, 4.69) is 10.3 Å². The lowest BCUT2D eigenvalue weighted by Crippen LogP contribution is -2.44. The van der Waals surface area contributed by atoms with E-state index in [0.29, 0.717) is 23.0 Å². The summed E-state index contributed by atoms with van der Waals surface area (Å²) in [5.41, 5.74) is 1.10. The number of halogens is 2. The second-order valence-electron chi connectivity index (χ2n) is 6.23. The van der Waals surface area contributed by atoms with Crippen molar-refractivity contribution in [2.75, 3.05) is 0 Å². The van der Waals surface area contributed by atoms with Crippen LogP contribution in [0.2, 0.25) is 5.02 Å². The summed E-state index contributed by atoms with van der Waals surface area (Å²) in [7, 11) is 0. The van der Waals surface area contributed by atoms with Gasteiger partial charge in [0.2, 0.25) is 5.89 Å². The Bertz CT molecular complexity index is 633. The molecule has 1 aromatic carbocycles. The molecule has 1 N–H and O–H groups in total. The molecule has 0 amide bonds. The minimum atomic E-state index is -0.462. The van der Waals surface area contributed by atoms with Gasteiger partial charge in [-0.05, 0) is 37.7 Å². The maximum atomic E-state index is 13.5. The highest BCUT2D eigenvalue weighted by atomic mass is 35.5. The van der Waals surface area contributed by atoms with Gasteiger partial charge in [0.1, 0.15) is 11.3 Å². The van der Waals surface area contributed by atoms with Gasteiger partial charge in [-0.25, -0.2) is 9.37 Å². The van der Waals surface area contributed by atoms with Gasteiger partial charge in [0.15, 0.2) is 5.58 Å². The molecule has 2 aliphatic rings. The summed E-state index contributed by atoms with van der Waals surface area (Å²) < 4.78 is 19.2. The van der Waals surface area contributed by atoms with Gasteiger partial charge in [0.25, 0.3) is 0 Å². The number of oxazole rings is 1. The van der Waals surface area contributed by atoms with E-state index in [1.165, 1.54) is 44.2 Å². The zero-order valence-electron chi connectivity index (χ0n) is 11.7. The quantitative estimate of drug-likeness (QED) is 0.836. The molecule has 1 aromatic heterocycles.